The van der Waals surface area contributed by atoms with E-state index in [1.54, 1.807) is 14.1 Å². The maximum atomic E-state index is 11.9. The van der Waals surface area contributed by atoms with Crippen molar-refractivity contribution in [1.29, 1.82) is 0 Å². The molecule has 1 aromatic heterocycles. The van der Waals surface area contributed by atoms with Gasteiger partial charge in [0.1, 0.15) is 4.21 Å². The van der Waals surface area contributed by atoms with E-state index in [4.69, 9.17) is 11.6 Å². The van der Waals surface area contributed by atoms with Gasteiger partial charge in [-0.2, -0.15) is 0 Å². The standard InChI is InChI=1S/C11H10ClN3OS2/c1-15(2)10(16)9-11(18-14-13-9)17-8-5-3-7(12)4-6-8/h3-6H,1-2H3. The number of nitrogens with zero attached hydrogens (tertiary/aromatic N) is 3. The molecule has 18 heavy (non-hydrogen) atoms. The molecule has 7 heteroatoms. The minimum atomic E-state index is -0.139. The molecule has 0 radical (unpaired) electrons. The number of benzene rings is 1. The molecule has 0 aliphatic rings. The Morgan fingerprint density at radius 1 is 1.33 bits per heavy atom. The quantitative estimate of drug-likeness (QED) is 0.874. The second-order valence-electron chi connectivity index (χ2n) is 3.66. The van der Waals surface area contributed by atoms with E-state index in [0.29, 0.717) is 10.7 Å². The zero-order valence-electron chi connectivity index (χ0n) is 9.75. The summed E-state index contributed by atoms with van der Waals surface area (Å²) in [5.74, 6) is -0.139. The number of hydrogen-bond donors (Lipinski definition) is 0. The van der Waals surface area contributed by atoms with Crippen LogP contribution in [0.1, 0.15) is 10.5 Å². The molecule has 0 spiro atoms. The molecule has 0 bridgehead atoms. The van der Waals surface area contributed by atoms with E-state index in [9.17, 15) is 4.79 Å². The van der Waals surface area contributed by atoms with Crippen LogP contribution in [0.3, 0.4) is 0 Å². The zero-order chi connectivity index (χ0) is 13.1. The number of rotatable bonds is 3. The molecule has 94 valence electrons. The van der Waals surface area contributed by atoms with E-state index < -0.39 is 0 Å². The van der Waals surface area contributed by atoms with E-state index in [-0.39, 0.29) is 5.91 Å². The first-order valence-electron chi connectivity index (χ1n) is 5.05. The molecule has 0 aliphatic carbocycles. The monoisotopic (exact) mass is 299 g/mol. The lowest BCUT2D eigenvalue weighted by Crippen LogP contribution is -2.22. The van der Waals surface area contributed by atoms with Crippen LogP contribution in [0.5, 0.6) is 0 Å². The lowest BCUT2D eigenvalue weighted by atomic mass is 10.4. The van der Waals surface area contributed by atoms with Crippen LogP contribution in [0.2, 0.25) is 5.02 Å². The molecule has 2 aromatic rings. The predicted molar refractivity (Wildman–Crippen MR) is 73.5 cm³/mol. The van der Waals surface area contributed by atoms with Crippen molar-refractivity contribution in [2.45, 2.75) is 9.10 Å². The topological polar surface area (TPSA) is 46.1 Å². The molecular formula is C11H10ClN3OS2. The number of amides is 1. The summed E-state index contributed by atoms with van der Waals surface area (Å²) in [6.45, 7) is 0. The van der Waals surface area contributed by atoms with Crippen molar-refractivity contribution in [1.82, 2.24) is 14.5 Å². The molecule has 1 amide bonds. The lowest BCUT2D eigenvalue weighted by Gasteiger charge is -2.08. The third-order valence-corrected chi connectivity index (χ3v) is 4.23. The average molecular weight is 300 g/mol. The Morgan fingerprint density at radius 3 is 2.61 bits per heavy atom. The summed E-state index contributed by atoms with van der Waals surface area (Å²) < 4.78 is 4.62. The predicted octanol–water partition coefficient (Wildman–Crippen LogP) is 3.04. The molecule has 0 fully saturated rings. The summed E-state index contributed by atoms with van der Waals surface area (Å²) in [5, 5.41) is 4.57. The molecule has 0 saturated heterocycles. The van der Waals surface area contributed by atoms with E-state index >= 15 is 0 Å². The Morgan fingerprint density at radius 2 is 2.00 bits per heavy atom. The van der Waals surface area contributed by atoms with E-state index in [2.05, 4.69) is 9.59 Å². The van der Waals surface area contributed by atoms with Crippen molar-refractivity contribution in [3.8, 4) is 0 Å². The van der Waals surface area contributed by atoms with Crippen LogP contribution >= 0.6 is 34.9 Å². The van der Waals surface area contributed by atoms with Gasteiger partial charge in [0, 0.05) is 24.0 Å². The molecule has 0 N–H and O–H groups in total. The van der Waals surface area contributed by atoms with Gasteiger partial charge in [0.2, 0.25) is 0 Å². The van der Waals surface area contributed by atoms with Crippen molar-refractivity contribution >= 4 is 40.8 Å². The molecule has 1 heterocycles. The van der Waals surface area contributed by atoms with E-state index in [0.717, 1.165) is 9.10 Å². The largest absolute Gasteiger partial charge is 0.343 e. The number of aromatic nitrogens is 2. The van der Waals surface area contributed by atoms with Gasteiger partial charge in [-0.1, -0.05) is 27.9 Å². The lowest BCUT2D eigenvalue weighted by molar-refractivity contribution is 0.0819. The van der Waals surface area contributed by atoms with E-state index in [1.165, 1.54) is 28.2 Å². The van der Waals surface area contributed by atoms with Crippen LogP contribution in [-0.2, 0) is 0 Å². The highest BCUT2D eigenvalue weighted by molar-refractivity contribution is 8.01. The maximum Gasteiger partial charge on any atom is 0.276 e. The van der Waals surface area contributed by atoms with Crippen LogP contribution in [0.25, 0.3) is 0 Å². The second kappa shape index (κ2) is 5.69. The summed E-state index contributed by atoms with van der Waals surface area (Å²) in [6.07, 6.45) is 0. The fourth-order valence-electron chi connectivity index (χ4n) is 1.20. The molecule has 4 nitrogen and oxygen atoms in total. The van der Waals surface area contributed by atoms with Crippen LogP contribution in [-0.4, -0.2) is 34.5 Å². The minimum absolute atomic E-state index is 0.139. The molecular weight excluding hydrogens is 290 g/mol. The first kappa shape index (κ1) is 13.3. The molecule has 0 saturated carbocycles. The molecule has 2 rings (SSSR count). The molecule has 0 aliphatic heterocycles. The van der Waals surface area contributed by atoms with Gasteiger partial charge in [-0.05, 0) is 35.8 Å². The number of carbonyl (C=O) groups excluding carboxylic acids is 1. The molecule has 0 unspecified atom stereocenters. The highest BCUT2D eigenvalue weighted by atomic mass is 35.5. The van der Waals surface area contributed by atoms with Gasteiger partial charge in [0.25, 0.3) is 5.91 Å². The Hall–Kier alpha value is -1.11. The number of carbonyl (C=O) groups is 1. The molecule has 0 atom stereocenters. The summed E-state index contributed by atoms with van der Waals surface area (Å²) in [5.41, 5.74) is 0.393. The maximum absolute atomic E-state index is 11.9. The molecule has 1 aromatic carbocycles. The number of halogens is 1. The average Bonchev–Trinajstić information content (AvgIpc) is 2.79. The SMILES string of the molecule is CN(C)C(=O)c1nnsc1Sc1ccc(Cl)cc1. The first-order valence-corrected chi connectivity index (χ1v) is 7.02. The Labute approximate surface area is 118 Å². The highest BCUT2D eigenvalue weighted by Gasteiger charge is 2.18. The van der Waals surface area contributed by atoms with Crippen molar-refractivity contribution < 1.29 is 4.79 Å². The van der Waals surface area contributed by atoms with Crippen LogP contribution in [0.4, 0.5) is 0 Å². The van der Waals surface area contributed by atoms with Gasteiger partial charge >= 0.3 is 0 Å². The summed E-state index contributed by atoms with van der Waals surface area (Å²) in [6, 6.07) is 7.42. The van der Waals surface area contributed by atoms with Crippen molar-refractivity contribution in [3.63, 3.8) is 0 Å². The first-order chi connectivity index (χ1) is 8.58. The van der Waals surface area contributed by atoms with E-state index in [1.807, 2.05) is 24.3 Å². The van der Waals surface area contributed by atoms with Gasteiger partial charge in [-0.25, -0.2) is 0 Å². The summed E-state index contributed by atoms with van der Waals surface area (Å²) in [7, 11) is 3.39. The smallest absolute Gasteiger partial charge is 0.276 e. The normalized spacial score (nSPS) is 10.4. The third kappa shape index (κ3) is 3.01. The van der Waals surface area contributed by atoms with Gasteiger partial charge in [0.05, 0.1) is 0 Å². The minimum Gasteiger partial charge on any atom is -0.343 e. The summed E-state index contributed by atoms with van der Waals surface area (Å²) >= 11 is 8.50. The fourth-order valence-corrected chi connectivity index (χ4v) is 2.99. The third-order valence-electron chi connectivity index (χ3n) is 2.09. The number of hydrogen-bond acceptors (Lipinski definition) is 5. The Bertz CT molecular complexity index is 554. The van der Waals surface area contributed by atoms with Gasteiger partial charge in [0.15, 0.2) is 5.69 Å². The fraction of sp³-hybridized carbons (Fsp3) is 0.182. The van der Waals surface area contributed by atoms with Crippen molar-refractivity contribution in [2.24, 2.45) is 0 Å². The van der Waals surface area contributed by atoms with Crippen LogP contribution in [0, 0.1) is 0 Å². The van der Waals surface area contributed by atoms with Crippen molar-refractivity contribution in [2.75, 3.05) is 14.1 Å². The van der Waals surface area contributed by atoms with Crippen molar-refractivity contribution in [3.05, 3.63) is 35.0 Å². The van der Waals surface area contributed by atoms with Gasteiger partial charge in [-0.3, -0.25) is 4.79 Å². The highest BCUT2D eigenvalue weighted by Crippen LogP contribution is 2.33. The second-order valence-corrected chi connectivity index (χ2v) is 6.20. The Kier molecular flexibility index (Phi) is 4.21. The summed E-state index contributed by atoms with van der Waals surface area (Å²) in [4.78, 5) is 14.4. The van der Waals surface area contributed by atoms with Crippen LogP contribution in [0.15, 0.2) is 33.4 Å². The van der Waals surface area contributed by atoms with Gasteiger partial charge in [-0.15, -0.1) is 5.10 Å². The zero-order valence-corrected chi connectivity index (χ0v) is 12.1. The Balaban J connectivity index is 2.22. The van der Waals surface area contributed by atoms with Gasteiger partial charge < -0.3 is 4.90 Å². The van der Waals surface area contributed by atoms with Crippen LogP contribution < -0.4 is 0 Å².